The van der Waals surface area contributed by atoms with E-state index in [4.69, 9.17) is 5.26 Å². The minimum Gasteiger partial charge on any atom is -0.319 e. The van der Waals surface area contributed by atoms with Gasteiger partial charge in [0.05, 0.1) is 11.6 Å². The molecular formula is C16H12N2O2. The first-order valence-electron chi connectivity index (χ1n) is 6.07. The first-order valence-corrected chi connectivity index (χ1v) is 6.07. The Morgan fingerprint density at radius 2 is 1.80 bits per heavy atom. The minimum atomic E-state index is -0.677. The summed E-state index contributed by atoms with van der Waals surface area (Å²) in [4.78, 5) is 23.6. The second kappa shape index (κ2) is 6.30. The molecule has 20 heavy (non-hydrogen) atoms. The maximum atomic E-state index is 11.8. The Balaban J connectivity index is 2.01. The van der Waals surface area contributed by atoms with Gasteiger partial charge in [0.2, 0.25) is 5.78 Å². The molecule has 4 nitrogen and oxygen atoms in total. The van der Waals surface area contributed by atoms with E-state index in [1.165, 1.54) is 6.07 Å². The largest absolute Gasteiger partial charge is 0.319 e. The number of nitrogens with one attached hydrogen (secondary N) is 1. The number of nitriles is 1. The molecule has 98 valence electrons. The lowest BCUT2D eigenvalue weighted by Crippen LogP contribution is -2.24. The number of carbonyl (C=O) groups is 2. The number of hydrogen-bond acceptors (Lipinski definition) is 3. The highest BCUT2D eigenvalue weighted by Crippen LogP contribution is 2.10. The Bertz CT molecular complexity index is 672. The van der Waals surface area contributed by atoms with Crippen molar-refractivity contribution in [1.29, 1.82) is 5.26 Å². The molecule has 1 amide bonds. The van der Waals surface area contributed by atoms with Crippen molar-refractivity contribution in [1.82, 2.24) is 0 Å². The van der Waals surface area contributed by atoms with Crippen LogP contribution in [0, 0.1) is 11.3 Å². The van der Waals surface area contributed by atoms with Gasteiger partial charge in [0.1, 0.15) is 0 Å². The molecule has 0 saturated heterocycles. The Morgan fingerprint density at radius 1 is 1.05 bits per heavy atom. The van der Waals surface area contributed by atoms with Gasteiger partial charge in [-0.05, 0) is 23.8 Å². The number of amides is 1. The molecule has 1 N–H and O–H groups in total. The van der Waals surface area contributed by atoms with Crippen LogP contribution in [0.4, 0.5) is 5.69 Å². The van der Waals surface area contributed by atoms with Crippen LogP contribution in [0.1, 0.15) is 11.1 Å². The summed E-state index contributed by atoms with van der Waals surface area (Å²) in [6.45, 7) is 0. The highest BCUT2D eigenvalue weighted by molar-refractivity contribution is 6.41. The van der Waals surface area contributed by atoms with Gasteiger partial charge in [0, 0.05) is 12.1 Å². The van der Waals surface area contributed by atoms with E-state index < -0.39 is 11.7 Å². The van der Waals surface area contributed by atoms with E-state index in [2.05, 4.69) is 5.32 Å². The molecule has 0 aliphatic heterocycles. The van der Waals surface area contributed by atoms with E-state index in [1.807, 2.05) is 24.3 Å². The second-order valence-corrected chi connectivity index (χ2v) is 4.23. The van der Waals surface area contributed by atoms with E-state index in [9.17, 15) is 9.59 Å². The average Bonchev–Trinajstić information content (AvgIpc) is 2.48. The molecule has 0 spiro atoms. The maximum absolute atomic E-state index is 11.8. The molecule has 2 rings (SSSR count). The molecule has 0 aliphatic carbocycles. The number of rotatable bonds is 4. The van der Waals surface area contributed by atoms with Gasteiger partial charge in [-0.2, -0.15) is 5.26 Å². The van der Waals surface area contributed by atoms with Crippen molar-refractivity contribution in [2.45, 2.75) is 6.42 Å². The van der Waals surface area contributed by atoms with Crippen molar-refractivity contribution in [2.24, 2.45) is 0 Å². The molecule has 0 heterocycles. The van der Waals surface area contributed by atoms with Crippen LogP contribution in [-0.2, 0) is 16.0 Å². The molecule has 0 saturated carbocycles. The first kappa shape index (κ1) is 13.5. The molecule has 4 heteroatoms. The summed E-state index contributed by atoms with van der Waals surface area (Å²) in [6, 6.07) is 17.5. The summed E-state index contributed by atoms with van der Waals surface area (Å²) in [7, 11) is 0. The highest BCUT2D eigenvalue weighted by atomic mass is 16.2. The second-order valence-electron chi connectivity index (χ2n) is 4.23. The third-order valence-corrected chi connectivity index (χ3v) is 2.71. The Labute approximate surface area is 116 Å². The van der Waals surface area contributed by atoms with E-state index in [0.29, 0.717) is 11.3 Å². The normalized spacial score (nSPS) is 9.55. The van der Waals surface area contributed by atoms with E-state index in [1.54, 1.807) is 30.3 Å². The van der Waals surface area contributed by atoms with Gasteiger partial charge in [0.15, 0.2) is 0 Å². The van der Waals surface area contributed by atoms with E-state index >= 15 is 0 Å². The van der Waals surface area contributed by atoms with Crippen molar-refractivity contribution in [3.63, 3.8) is 0 Å². The fourth-order valence-electron chi connectivity index (χ4n) is 1.73. The topological polar surface area (TPSA) is 70.0 Å². The number of nitrogens with zero attached hydrogens (tertiary/aromatic N) is 1. The average molecular weight is 264 g/mol. The van der Waals surface area contributed by atoms with Crippen LogP contribution in [-0.4, -0.2) is 11.7 Å². The molecule has 0 aromatic heterocycles. The number of benzene rings is 2. The number of carbonyl (C=O) groups excluding carboxylic acids is 2. The van der Waals surface area contributed by atoms with Crippen molar-refractivity contribution in [3.8, 4) is 6.07 Å². The van der Waals surface area contributed by atoms with Crippen molar-refractivity contribution < 1.29 is 9.59 Å². The minimum absolute atomic E-state index is 0.0601. The fraction of sp³-hybridized carbons (Fsp3) is 0.0625. The number of ketones is 1. The summed E-state index contributed by atoms with van der Waals surface area (Å²) in [5.41, 5.74) is 1.66. The molecule has 0 radical (unpaired) electrons. The SMILES string of the molecule is N#Cc1cccc(NC(=O)C(=O)Cc2ccccc2)c1. The van der Waals surface area contributed by atoms with Gasteiger partial charge in [-0.3, -0.25) is 9.59 Å². The van der Waals surface area contributed by atoms with Crippen LogP contribution in [0.25, 0.3) is 0 Å². The van der Waals surface area contributed by atoms with Gasteiger partial charge in [0.25, 0.3) is 5.91 Å². The monoisotopic (exact) mass is 264 g/mol. The maximum Gasteiger partial charge on any atom is 0.292 e. The van der Waals surface area contributed by atoms with Crippen molar-refractivity contribution in [3.05, 3.63) is 65.7 Å². The number of Topliss-reactive ketones (excluding diaryl/α,β-unsaturated/α-hetero) is 1. The van der Waals surface area contributed by atoms with Crippen LogP contribution in [0.15, 0.2) is 54.6 Å². The van der Waals surface area contributed by atoms with Gasteiger partial charge in [-0.1, -0.05) is 36.4 Å². The molecular weight excluding hydrogens is 252 g/mol. The molecule has 0 atom stereocenters. The summed E-state index contributed by atoms with van der Waals surface area (Å²) in [6.07, 6.45) is 0.0601. The zero-order valence-electron chi connectivity index (χ0n) is 10.7. The Kier molecular flexibility index (Phi) is 4.25. The van der Waals surface area contributed by atoms with Crippen LogP contribution in [0.2, 0.25) is 0 Å². The molecule has 0 bridgehead atoms. The lowest BCUT2D eigenvalue weighted by atomic mass is 10.1. The predicted molar refractivity (Wildman–Crippen MR) is 74.9 cm³/mol. The molecule has 0 aliphatic rings. The van der Waals surface area contributed by atoms with Gasteiger partial charge in [-0.25, -0.2) is 0 Å². The zero-order chi connectivity index (χ0) is 14.4. The summed E-state index contributed by atoms with van der Waals surface area (Å²) >= 11 is 0. The molecule has 0 unspecified atom stereocenters. The summed E-state index contributed by atoms with van der Waals surface area (Å²) in [5.74, 6) is -1.19. The predicted octanol–water partition coefficient (Wildman–Crippen LogP) is 2.31. The van der Waals surface area contributed by atoms with E-state index in [0.717, 1.165) is 5.56 Å². The summed E-state index contributed by atoms with van der Waals surface area (Å²) in [5, 5.41) is 11.3. The number of anilines is 1. The first-order chi connectivity index (χ1) is 9.69. The fourth-order valence-corrected chi connectivity index (χ4v) is 1.73. The lowest BCUT2D eigenvalue weighted by Gasteiger charge is -2.04. The van der Waals surface area contributed by atoms with Crippen LogP contribution < -0.4 is 5.32 Å². The van der Waals surface area contributed by atoms with E-state index in [-0.39, 0.29) is 6.42 Å². The lowest BCUT2D eigenvalue weighted by molar-refractivity contribution is -0.134. The Morgan fingerprint density at radius 3 is 2.50 bits per heavy atom. The van der Waals surface area contributed by atoms with Gasteiger partial charge < -0.3 is 5.32 Å². The molecule has 2 aromatic rings. The standard InChI is InChI=1S/C16H12N2O2/c17-11-13-7-4-8-14(9-13)18-16(20)15(19)10-12-5-2-1-3-6-12/h1-9H,10H2,(H,18,20). The van der Waals surface area contributed by atoms with Crippen LogP contribution in [0.5, 0.6) is 0 Å². The van der Waals surface area contributed by atoms with Crippen LogP contribution in [0.3, 0.4) is 0 Å². The third-order valence-electron chi connectivity index (χ3n) is 2.71. The Hall–Kier alpha value is -2.93. The number of hydrogen-bond donors (Lipinski definition) is 1. The smallest absolute Gasteiger partial charge is 0.292 e. The van der Waals surface area contributed by atoms with Gasteiger partial charge >= 0.3 is 0 Å². The quantitative estimate of drug-likeness (QED) is 0.861. The molecule has 2 aromatic carbocycles. The third kappa shape index (κ3) is 3.53. The zero-order valence-corrected chi connectivity index (χ0v) is 10.7. The van der Waals surface area contributed by atoms with Gasteiger partial charge in [-0.15, -0.1) is 0 Å². The van der Waals surface area contributed by atoms with Crippen molar-refractivity contribution >= 4 is 17.4 Å². The van der Waals surface area contributed by atoms with Crippen LogP contribution >= 0.6 is 0 Å². The van der Waals surface area contributed by atoms with Crippen molar-refractivity contribution in [2.75, 3.05) is 5.32 Å². The highest BCUT2D eigenvalue weighted by Gasteiger charge is 2.14. The summed E-state index contributed by atoms with van der Waals surface area (Å²) < 4.78 is 0. The molecule has 0 fully saturated rings.